The van der Waals surface area contributed by atoms with Crippen LogP contribution in [0.4, 0.5) is 0 Å². The third-order valence-electron chi connectivity index (χ3n) is 3.73. The fourth-order valence-corrected chi connectivity index (χ4v) is 2.68. The van der Waals surface area contributed by atoms with Crippen molar-refractivity contribution in [2.24, 2.45) is 0 Å². The zero-order valence-electron chi connectivity index (χ0n) is 12.6. The van der Waals surface area contributed by atoms with Crippen molar-refractivity contribution in [2.45, 2.75) is 6.42 Å². The van der Waals surface area contributed by atoms with Crippen molar-refractivity contribution in [3.8, 4) is 11.4 Å². The van der Waals surface area contributed by atoms with E-state index in [2.05, 4.69) is 15.1 Å². The number of aromatic amines is 1. The van der Waals surface area contributed by atoms with Crippen LogP contribution in [-0.4, -0.2) is 19.6 Å². The van der Waals surface area contributed by atoms with E-state index in [-0.39, 0.29) is 5.56 Å². The Hall–Kier alpha value is -2.92. The van der Waals surface area contributed by atoms with Gasteiger partial charge in [-0.15, -0.1) is 0 Å². The summed E-state index contributed by atoms with van der Waals surface area (Å²) in [4.78, 5) is 21.2. The van der Waals surface area contributed by atoms with Gasteiger partial charge in [-0.1, -0.05) is 54.1 Å². The first-order chi connectivity index (χ1) is 11.7. The maximum atomic E-state index is 12.3. The van der Waals surface area contributed by atoms with E-state index in [0.717, 1.165) is 11.1 Å². The molecule has 0 saturated heterocycles. The van der Waals surface area contributed by atoms with Crippen LogP contribution in [0.1, 0.15) is 11.3 Å². The van der Waals surface area contributed by atoms with E-state index in [1.807, 2.05) is 54.6 Å². The molecule has 4 aromatic rings. The van der Waals surface area contributed by atoms with Crippen LogP contribution in [0.3, 0.4) is 0 Å². The first-order valence-corrected chi connectivity index (χ1v) is 7.85. The molecule has 0 saturated carbocycles. The van der Waals surface area contributed by atoms with Crippen molar-refractivity contribution in [1.82, 2.24) is 19.6 Å². The van der Waals surface area contributed by atoms with Crippen LogP contribution in [-0.2, 0) is 6.42 Å². The SMILES string of the molecule is O=c1cc(Cc2ccc(Cl)cc2)nc2nc(-c3ccccc3)[nH]n12. The molecule has 0 amide bonds. The standard InChI is InChI=1S/C18H13ClN4O/c19-14-8-6-12(7-9-14)10-15-11-16(24)23-18(20-15)21-17(22-23)13-4-2-1-3-5-13/h1-9,11H,10H2,(H,20,21,22). The Bertz CT molecular complexity index is 1050. The summed E-state index contributed by atoms with van der Waals surface area (Å²) in [6.07, 6.45) is 0.552. The molecule has 2 aromatic heterocycles. The molecular formula is C18H13ClN4O. The number of H-pyrrole nitrogens is 1. The van der Waals surface area contributed by atoms with Gasteiger partial charge >= 0.3 is 0 Å². The van der Waals surface area contributed by atoms with Gasteiger partial charge in [-0.25, -0.2) is 4.98 Å². The van der Waals surface area contributed by atoms with E-state index in [1.165, 1.54) is 10.6 Å². The molecule has 0 unspecified atom stereocenters. The van der Waals surface area contributed by atoms with Gasteiger partial charge in [-0.05, 0) is 17.7 Å². The second kappa shape index (κ2) is 5.94. The lowest BCUT2D eigenvalue weighted by atomic mass is 10.1. The molecule has 5 nitrogen and oxygen atoms in total. The zero-order valence-corrected chi connectivity index (χ0v) is 13.4. The maximum absolute atomic E-state index is 12.3. The predicted molar refractivity (Wildman–Crippen MR) is 93.3 cm³/mol. The zero-order chi connectivity index (χ0) is 16.5. The summed E-state index contributed by atoms with van der Waals surface area (Å²) < 4.78 is 1.35. The number of fused-ring (bicyclic) bond motifs is 1. The van der Waals surface area contributed by atoms with E-state index in [9.17, 15) is 4.79 Å². The van der Waals surface area contributed by atoms with Crippen molar-refractivity contribution < 1.29 is 0 Å². The molecule has 2 aromatic carbocycles. The molecule has 1 N–H and O–H groups in total. The second-order valence-electron chi connectivity index (χ2n) is 5.46. The van der Waals surface area contributed by atoms with Gasteiger partial charge in [0.15, 0.2) is 5.82 Å². The van der Waals surface area contributed by atoms with Gasteiger partial charge in [0.2, 0.25) is 0 Å². The van der Waals surface area contributed by atoms with E-state index < -0.39 is 0 Å². The van der Waals surface area contributed by atoms with Gasteiger partial charge in [0, 0.05) is 23.1 Å². The first kappa shape index (κ1) is 14.7. The summed E-state index contributed by atoms with van der Waals surface area (Å²) in [7, 11) is 0. The monoisotopic (exact) mass is 336 g/mol. The van der Waals surface area contributed by atoms with E-state index in [0.29, 0.717) is 28.7 Å². The number of nitrogens with one attached hydrogen (secondary N) is 1. The summed E-state index contributed by atoms with van der Waals surface area (Å²) >= 11 is 5.90. The Balaban J connectivity index is 1.74. The lowest BCUT2D eigenvalue weighted by molar-refractivity contribution is 0.882. The van der Waals surface area contributed by atoms with Gasteiger partial charge in [0.1, 0.15) is 0 Å². The average molecular weight is 337 g/mol. The fraction of sp³-hybridized carbons (Fsp3) is 0.0556. The molecule has 0 fully saturated rings. The molecule has 0 aliphatic heterocycles. The molecule has 0 spiro atoms. The molecule has 118 valence electrons. The molecule has 0 bridgehead atoms. The second-order valence-corrected chi connectivity index (χ2v) is 5.90. The Kier molecular flexibility index (Phi) is 3.63. The highest BCUT2D eigenvalue weighted by Gasteiger charge is 2.09. The normalized spacial score (nSPS) is 11.0. The minimum absolute atomic E-state index is 0.182. The number of benzene rings is 2. The van der Waals surface area contributed by atoms with E-state index in [4.69, 9.17) is 11.6 Å². The molecule has 0 aliphatic rings. The van der Waals surface area contributed by atoms with Crippen molar-refractivity contribution in [3.63, 3.8) is 0 Å². The summed E-state index contributed by atoms with van der Waals surface area (Å²) in [5.41, 5.74) is 2.43. The van der Waals surface area contributed by atoms with Crippen LogP contribution in [0.2, 0.25) is 5.02 Å². The van der Waals surface area contributed by atoms with Gasteiger partial charge < -0.3 is 0 Å². The quantitative estimate of drug-likeness (QED) is 0.624. The minimum atomic E-state index is -0.182. The summed E-state index contributed by atoms with van der Waals surface area (Å²) in [5, 5.41) is 3.67. The average Bonchev–Trinajstić information content (AvgIpc) is 3.03. The van der Waals surface area contributed by atoms with Crippen LogP contribution in [0.25, 0.3) is 17.2 Å². The van der Waals surface area contributed by atoms with Crippen LogP contribution in [0.5, 0.6) is 0 Å². The molecule has 0 radical (unpaired) electrons. The number of rotatable bonds is 3. The number of hydrogen-bond donors (Lipinski definition) is 1. The van der Waals surface area contributed by atoms with E-state index >= 15 is 0 Å². The Morgan fingerprint density at radius 2 is 1.75 bits per heavy atom. The van der Waals surface area contributed by atoms with Gasteiger partial charge in [0.25, 0.3) is 11.3 Å². The number of halogens is 1. The molecule has 6 heteroatoms. The lowest BCUT2D eigenvalue weighted by Crippen LogP contribution is -2.15. The fourth-order valence-electron chi connectivity index (χ4n) is 2.55. The first-order valence-electron chi connectivity index (χ1n) is 7.47. The van der Waals surface area contributed by atoms with Crippen molar-refractivity contribution in [1.29, 1.82) is 0 Å². The van der Waals surface area contributed by atoms with E-state index in [1.54, 1.807) is 0 Å². The van der Waals surface area contributed by atoms with Crippen LogP contribution in [0.15, 0.2) is 65.5 Å². The Labute approximate surface area is 142 Å². The Morgan fingerprint density at radius 3 is 2.50 bits per heavy atom. The molecule has 2 heterocycles. The van der Waals surface area contributed by atoms with Crippen molar-refractivity contribution in [3.05, 3.63) is 87.3 Å². The lowest BCUT2D eigenvalue weighted by Gasteiger charge is -2.01. The molecule has 4 rings (SSSR count). The van der Waals surface area contributed by atoms with Gasteiger partial charge in [0.05, 0.1) is 5.69 Å². The summed E-state index contributed by atoms with van der Waals surface area (Å²) in [5.74, 6) is 0.981. The molecule has 0 aliphatic carbocycles. The molecule has 0 atom stereocenters. The topological polar surface area (TPSA) is 63.0 Å². The van der Waals surface area contributed by atoms with Gasteiger partial charge in [-0.3, -0.25) is 9.89 Å². The minimum Gasteiger partial charge on any atom is -0.271 e. The third-order valence-corrected chi connectivity index (χ3v) is 3.98. The smallest absolute Gasteiger partial charge is 0.271 e. The van der Waals surface area contributed by atoms with Crippen molar-refractivity contribution in [2.75, 3.05) is 0 Å². The summed E-state index contributed by atoms with van der Waals surface area (Å²) in [6, 6.07) is 18.6. The maximum Gasteiger partial charge on any atom is 0.274 e. The number of nitrogens with zero attached hydrogens (tertiary/aromatic N) is 3. The molecule has 24 heavy (non-hydrogen) atoms. The highest BCUT2D eigenvalue weighted by Crippen LogP contribution is 2.15. The van der Waals surface area contributed by atoms with Crippen LogP contribution >= 0.6 is 11.6 Å². The van der Waals surface area contributed by atoms with Crippen LogP contribution in [0, 0.1) is 0 Å². The number of hydrogen-bond acceptors (Lipinski definition) is 3. The van der Waals surface area contributed by atoms with Crippen molar-refractivity contribution >= 4 is 17.4 Å². The third kappa shape index (κ3) is 2.81. The highest BCUT2D eigenvalue weighted by atomic mass is 35.5. The summed E-state index contributed by atoms with van der Waals surface area (Å²) in [6.45, 7) is 0. The largest absolute Gasteiger partial charge is 0.274 e. The van der Waals surface area contributed by atoms with Crippen LogP contribution < -0.4 is 5.56 Å². The highest BCUT2D eigenvalue weighted by molar-refractivity contribution is 6.30. The number of aromatic nitrogens is 4. The predicted octanol–water partition coefficient (Wildman–Crippen LogP) is 3.33. The van der Waals surface area contributed by atoms with Gasteiger partial charge in [-0.2, -0.15) is 9.50 Å². The molecular weight excluding hydrogens is 324 g/mol. The Morgan fingerprint density at radius 1 is 1.00 bits per heavy atom.